The van der Waals surface area contributed by atoms with E-state index in [-0.39, 0.29) is 17.7 Å². The molecule has 0 spiro atoms. The topological polar surface area (TPSA) is 26.3 Å². The number of aryl methyl sites for hydroxylation is 1. The van der Waals surface area contributed by atoms with Crippen LogP contribution in [-0.4, -0.2) is 12.1 Å². The zero-order valence-electron chi connectivity index (χ0n) is 19.5. The zero-order valence-corrected chi connectivity index (χ0v) is 19.5. The molecule has 0 amide bonds. The van der Waals surface area contributed by atoms with Gasteiger partial charge in [0.05, 0.1) is 11.1 Å². The highest BCUT2D eigenvalue weighted by atomic mass is 19.4. The molecular formula is C29H17F7O2. The fraction of sp³-hybridized carbons (Fsp3) is 0.0690. The number of hydrogen-bond donors (Lipinski definition) is 0. The standard InChI is InChI=1S/C29H17F7O2/c1-16-2-4-17(5-3-16)18-6-8-19(9-7-18)28(37)38-21-14-25(32)27(26(33)15-21)20-12-23(30)22(24(31)13-20)10-11-29(34,35)36/h2-15H,1H3/b11-10+. The minimum atomic E-state index is -4.81. The molecule has 0 aliphatic rings. The summed E-state index contributed by atoms with van der Waals surface area (Å²) in [5, 5.41) is 0. The van der Waals surface area contributed by atoms with Gasteiger partial charge in [-0.25, -0.2) is 22.4 Å². The van der Waals surface area contributed by atoms with Gasteiger partial charge in [0.1, 0.15) is 29.0 Å². The molecule has 0 unspecified atom stereocenters. The highest BCUT2D eigenvalue weighted by Gasteiger charge is 2.24. The third-order valence-corrected chi connectivity index (χ3v) is 5.54. The number of hydrogen-bond acceptors (Lipinski definition) is 2. The van der Waals surface area contributed by atoms with Crippen LogP contribution in [0, 0.1) is 30.2 Å². The first-order valence-electron chi connectivity index (χ1n) is 11.0. The molecule has 4 rings (SSSR count). The maximum absolute atomic E-state index is 14.7. The molecule has 0 aliphatic heterocycles. The Balaban J connectivity index is 1.55. The van der Waals surface area contributed by atoms with Crippen LogP contribution in [0.1, 0.15) is 21.5 Å². The molecule has 194 valence electrons. The quantitative estimate of drug-likeness (QED) is 0.147. The first-order chi connectivity index (χ1) is 17.9. The van der Waals surface area contributed by atoms with E-state index in [0.29, 0.717) is 24.3 Å². The lowest BCUT2D eigenvalue weighted by Crippen LogP contribution is -2.09. The normalized spacial score (nSPS) is 11.7. The lowest BCUT2D eigenvalue weighted by molar-refractivity contribution is -0.0790. The van der Waals surface area contributed by atoms with E-state index in [2.05, 4.69) is 0 Å². The number of ether oxygens (including phenoxy) is 1. The van der Waals surface area contributed by atoms with Gasteiger partial charge in [-0.15, -0.1) is 0 Å². The van der Waals surface area contributed by atoms with Gasteiger partial charge in [0.25, 0.3) is 0 Å². The summed E-state index contributed by atoms with van der Waals surface area (Å²) in [6.45, 7) is 1.95. The molecule has 0 bridgehead atoms. The lowest BCUT2D eigenvalue weighted by Gasteiger charge is -2.11. The molecule has 0 atom stereocenters. The summed E-state index contributed by atoms with van der Waals surface area (Å²) in [6, 6.07) is 16.4. The maximum Gasteiger partial charge on any atom is 0.409 e. The molecule has 0 saturated carbocycles. The zero-order chi connectivity index (χ0) is 27.6. The summed E-state index contributed by atoms with van der Waals surface area (Å²) >= 11 is 0. The summed E-state index contributed by atoms with van der Waals surface area (Å²) < 4.78 is 100. The summed E-state index contributed by atoms with van der Waals surface area (Å²) in [7, 11) is 0. The van der Waals surface area contributed by atoms with Crippen molar-refractivity contribution in [3.05, 3.63) is 119 Å². The van der Waals surface area contributed by atoms with Gasteiger partial charge < -0.3 is 4.74 Å². The van der Waals surface area contributed by atoms with Crippen LogP contribution in [0.15, 0.2) is 78.9 Å². The average molecular weight is 530 g/mol. The molecule has 2 nitrogen and oxygen atoms in total. The molecule has 38 heavy (non-hydrogen) atoms. The second-order valence-corrected chi connectivity index (χ2v) is 8.32. The Kier molecular flexibility index (Phi) is 7.39. The average Bonchev–Trinajstić information content (AvgIpc) is 2.83. The molecule has 0 aromatic heterocycles. The van der Waals surface area contributed by atoms with Crippen molar-refractivity contribution >= 4 is 12.0 Å². The van der Waals surface area contributed by atoms with Gasteiger partial charge in [0.15, 0.2) is 0 Å². The minimum Gasteiger partial charge on any atom is -0.423 e. The summed E-state index contributed by atoms with van der Waals surface area (Å²) in [5.74, 6) is -6.92. The number of alkyl halides is 3. The monoisotopic (exact) mass is 530 g/mol. The largest absolute Gasteiger partial charge is 0.423 e. The highest BCUT2D eigenvalue weighted by molar-refractivity contribution is 5.91. The van der Waals surface area contributed by atoms with E-state index in [1.54, 1.807) is 12.1 Å². The molecule has 4 aromatic rings. The Morgan fingerprint density at radius 3 is 1.71 bits per heavy atom. The summed E-state index contributed by atoms with van der Waals surface area (Å²) in [5.41, 5.74) is 0.489. The first kappa shape index (κ1) is 26.7. The van der Waals surface area contributed by atoms with Crippen LogP contribution < -0.4 is 4.74 Å². The first-order valence-corrected chi connectivity index (χ1v) is 11.0. The maximum atomic E-state index is 14.7. The molecule has 0 saturated heterocycles. The second kappa shape index (κ2) is 10.5. The van der Waals surface area contributed by atoms with Crippen LogP contribution in [0.25, 0.3) is 28.3 Å². The number of carbonyl (C=O) groups excluding carboxylic acids is 1. The second-order valence-electron chi connectivity index (χ2n) is 8.32. The van der Waals surface area contributed by atoms with Crippen LogP contribution >= 0.6 is 0 Å². The van der Waals surface area contributed by atoms with Crippen LogP contribution in [0.3, 0.4) is 0 Å². The number of carbonyl (C=O) groups is 1. The molecule has 0 heterocycles. The number of esters is 1. The molecule has 0 fully saturated rings. The minimum absolute atomic E-state index is 0.109. The van der Waals surface area contributed by atoms with Crippen molar-refractivity contribution < 1.29 is 40.3 Å². The van der Waals surface area contributed by atoms with Gasteiger partial charge in [-0.1, -0.05) is 42.0 Å². The fourth-order valence-corrected chi connectivity index (χ4v) is 3.66. The van der Waals surface area contributed by atoms with Crippen LogP contribution in [0.5, 0.6) is 5.75 Å². The number of rotatable bonds is 5. The van der Waals surface area contributed by atoms with Crippen molar-refractivity contribution in [1.82, 2.24) is 0 Å². The molecule has 4 aromatic carbocycles. The van der Waals surface area contributed by atoms with Crippen molar-refractivity contribution in [1.29, 1.82) is 0 Å². The van der Waals surface area contributed by atoms with Crippen LogP contribution in [-0.2, 0) is 0 Å². The molecular weight excluding hydrogens is 513 g/mol. The number of allylic oxidation sites excluding steroid dienone is 1. The Labute approximate surface area is 212 Å². The Morgan fingerprint density at radius 1 is 0.711 bits per heavy atom. The summed E-state index contributed by atoms with van der Waals surface area (Å²) in [6.07, 6.45) is -5.00. The van der Waals surface area contributed by atoms with E-state index in [1.165, 1.54) is 12.1 Å². The van der Waals surface area contributed by atoms with E-state index in [0.717, 1.165) is 16.7 Å². The van der Waals surface area contributed by atoms with Gasteiger partial charge in [0, 0.05) is 23.8 Å². The van der Waals surface area contributed by atoms with E-state index in [1.807, 2.05) is 31.2 Å². The SMILES string of the molecule is Cc1ccc(-c2ccc(C(=O)Oc3cc(F)c(-c4cc(F)c(/C=C/C(F)(F)F)c(F)c4)c(F)c3)cc2)cc1. The predicted octanol–water partition coefficient (Wildman–Crippen LogP) is 8.68. The lowest BCUT2D eigenvalue weighted by atomic mass is 10.0. The van der Waals surface area contributed by atoms with Gasteiger partial charge >= 0.3 is 12.1 Å². The van der Waals surface area contributed by atoms with Crippen LogP contribution in [0.2, 0.25) is 0 Å². The molecule has 9 heteroatoms. The number of benzene rings is 4. The van der Waals surface area contributed by atoms with Crippen molar-refractivity contribution in [2.45, 2.75) is 13.1 Å². The Bertz CT molecular complexity index is 1470. The predicted molar refractivity (Wildman–Crippen MR) is 128 cm³/mol. The summed E-state index contributed by atoms with van der Waals surface area (Å²) in [4.78, 5) is 12.5. The smallest absolute Gasteiger partial charge is 0.409 e. The van der Waals surface area contributed by atoms with Gasteiger partial charge in [0.2, 0.25) is 0 Å². The van der Waals surface area contributed by atoms with Crippen molar-refractivity contribution in [3.8, 4) is 28.0 Å². The third kappa shape index (κ3) is 6.11. The Hall–Kier alpha value is -4.40. The van der Waals surface area contributed by atoms with E-state index in [9.17, 15) is 35.5 Å². The molecule has 0 radical (unpaired) electrons. The van der Waals surface area contributed by atoms with E-state index >= 15 is 0 Å². The van der Waals surface area contributed by atoms with E-state index in [4.69, 9.17) is 4.74 Å². The molecule has 0 N–H and O–H groups in total. The van der Waals surface area contributed by atoms with Gasteiger partial charge in [-0.05, 0) is 54.0 Å². The fourth-order valence-electron chi connectivity index (χ4n) is 3.66. The number of halogens is 7. The highest BCUT2D eigenvalue weighted by Crippen LogP contribution is 2.33. The van der Waals surface area contributed by atoms with Crippen LogP contribution in [0.4, 0.5) is 30.7 Å². The van der Waals surface area contributed by atoms with Gasteiger partial charge in [-0.3, -0.25) is 0 Å². The molecule has 0 aliphatic carbocycles. The van der Waals surface area contributed by atoms with E-state index < -0.39 is 57.9 Å². The Morgan fingerprint density at radius 2 is 1.21 bits per heavy atom. The third-order valence-electron chi connectivity index (χ3n) is 5.54. The van der Waals surface area contributed by atoms with Gasteiger partial charge in [-0.2, -0.15) is 13.2 Å². The van der Waals surface area contributed by atoms with Crippen molar-refractivity contribution in [2.24, 2.45) is 0 Å². The van der Waals surface area contributed by atoms with Crippen molar-refractivity contribution in [2.75, 3.05) is 0 Å². The van der Waals surface area contributed by atoms with Crippen molar-refractivity contribution in [3.63, 3.8) is 0 Å².